The number of nitrogens with one attached hydrogen (secondary N) is 1. The predicted molar refractivity (Wildman–Crippen MR) is 87.4 cm³/mol. The van der Waals surface area contributed by atoms with Crippen LogP contribution in [0.25, 0.3) is 0 Å². The molecule has 0 aromatic carbocycles. The first-order chi connectivity index (χ1) is 11.6. The lowest BCUT2D eigenvalue weighted by Gasteiger charge is -2.32. The number of hydrogen-bond acceptors (Lipinski definition) is 6. The first-order valence-electron chi connectivity index (χ1n) is 7.86. The summed E-state index contributed by atoms with van der Waals surface area (Å²) in [6, 6.07) is 5.51. The van der Waals surface area contributed by atoms with E-state index >= 15 is 0 Å². The third-order valence-corrected chi connectivity index (χ3v) is 4.11. The van der Waals surface area contributed by atoms with Gasteiger partial charge < -0.3 is 10.2 Å². The van der Waals surface area contributed by atoms with E-state index in [0.29, 0.717) is 17.3 Å². The minimum absolute atomic E-state index is 0.0979. The topological polar surface area (TPSA) is 99.7 Å². The lowest BCUT2D eigenvalue weighted by Crippen LogP contribution is -2.45. The van der Waals surface area contributed by atoms with Gasteiger partial charge in [0.05, 0.1) is 5.69 Å². The van der Waals surface area contributed by atoms with Gasteiger partial charge in [-0.3, -0.25) is 9.48 Å². The Morgan fingerprint density at radius 2 is 2.17 bits per heavy atom. The Morgan fingerprint density at radius 1 is 1.42 bits per heavy atom. The second-order valence-electron chi connectivity index (χ2n) is 5.88. The molecule has 0 aliphatic carbocycles. The number of nitriles is 1. The minimum atomic E-state index is -0.0979. The quantitative estimate of drug-likeness (QED) is 0.895. The molecule has 3 heterocycles. The Kier molecular flexibility index (Phi) is 4.42. The minimum Gasteiger partial charge on any atom is -0.348 e. The van der Waals surface area contributed by atoms with Gasteiger partial charge in [0.2, 0.25) is 5.95 Å². The van der Waals surface area contributed by atoms with Crippen molar-refractivity contribution in [1.29, 1.82) is 5.26 Å². The molecule has 0 bridgehead atoms. The van der Waals surface area contributed by atoms with E-state index < -0.39 is 0 Å². The van der Waals surface area contributed by atoms with Crippen molar-refractivity contribution < 1.29 is 4.79 Å². The maximum Gasteiger partial charge on any atom is 0.269 e. The zero-order chi connectivity index (χ0) is 17.1. The van der Waals surface area contributed by atoms with Crippen LogP contribution < -0.4 is 10.2 Å². The van der Waals surface area contributed by atoms with Gasteiger partial charge in [-0.05, 0) is 31.9 Å². The Morgan fingerprint density at radius 3 is 2.79 bits per heavy atom. The van der Waals surface area contributed by atoms with Gasteiger partial charge in [-0.2, -0.15) is 10.4 Å². The summed E-state index contributed by atoms with van der Waals surface area (Å²) in [5.74, 6) is 0.473. The van der Waals surface area contributed by atoms with E-state index in [0.717, 1.165) is 31.6 Å². The number of aryl methyl sites for hydroxylation is 2. The van der Waals surface area contributed by atoms with E-state index in [9.17, 15) is 4.79 Å². The van der Waals surface area contributed by atoms with Crippen LogP contribution in [0.1, 0.15) is 34.7 Å². The molecule has 0 unspecified atom stereocenters. The molecule has 0 spiro atoms. The van der Waals surface area contributed by atoms with Crippen LogP contribution in [0.15, 0.2) is 18.3 Å². The van der Waals surface area contributed by atoms with Gasteiger partial charge in [-0.1, -0.05) is 0 Å². The number of rotatable bonds is 3. The first kappa shape index (κ1) is 15.9. The number of amides is 1. The summed E-state index contributed by atoms with van der Waals surface area (Å²) in [5, 5.41) is 16.2. The highest BCUT2D eigenvalue weighted by Gasteiger charge is 2.23. The van der Waals surface area contributed by atoms with Crippen molar-refractivity contribution in [1.82, 2.24) is 25.1 Å². The van der Waals surface area contributed by atoms with Crippen molar-refractivity contribution in [2.24, 2.45) is 7.05 Å². The Bertz CT molecular complexity index is 784. The maximum atomic E-state index is 12.3. The summed E-state index contributed by atoms with van der Waals surface area (Å²) in [6.07, 6.45) is 3.21. The van der Waals surface area contributed by atoms with Gasteiger partial charge in [0.15, 0.2) is 0 Å². The van der Waals surface area contributed by atoms with Gasteiger partial charge in [-0.15, -0.1) is 0 Å². The standard InChI is InChI=1S/C16H19N7O/c1-11-9-14(22(2)21-11)15(24)19-12-4-7-23(8-5-12)16-18-6-3-13(10-17)20-16/h3,6,9,12H,4-5,7-8H2,1-2H3,(H,19,24). The summed E-state index contributed by atoms with van der Waals surface area (Å²) >= 11 is 0. The fraction of sp³-hybridized carbons (Fsp3) is 0.438. The molecule has 8 nitrogen and oxygen atoms in total. The molecule has 1 N–H and O–H groups in total. The van der Waals surface area contributed by atoms with Gasteiger partial charge in [0, 0.05) is 32.4 Å². The van der Waals surface area contributed by atoms with Crippen molar-refractivity contribution in [3.63, 3.8) is 0 Å². The lowest BCUT2D eigenvalue weighted by atomic mass is 10.1. The monoisotopic (exact) mass is 325 g/mol. The largest absolute Gasteiger partial charge is 0.348 e. The van der Waals surface area contributed by atoms with Crippen LogP contribution in [0.5, 0.6) is 0 Å². The van der Waals surface area contributed by atoms with Crippen LogP contribution in [0.2, 0.25) is 0 Å². The van der Waals surface area contributed by atoms with Gasteiger partial charge in [-0.25, -0.2) is 9.97 Å². The fourth-order valence-electron chi connectivity index (χ4n) is 2.87. The lowest BCUT2D eigenvalue weighted by molar-refractivity contribution is 0.0921. The number of anilines is 1. The van der Waals surface area contributed by atoms with E-state index in [2.05, 4.69) is 20.4 Å². The molecule has 124 valence electrons. The zero-order valence-corrected chi connectivity index (χ0v) is 13.7. The summed E-state index contributed by atoms with van der Waals surface area (Å²) in [7, 11) is 1.77. The average Bonchev–Trinajstić information content (AvgIpc) is 2.94. The summed E-state index contributed by atoms with van der Waals surface area (Å²) in [6.45, 7) is 3.35. The first-order valence-corrected chi connectivity index (χ1v) is 7.86. The highest BCUT2D eigenvalue weighted by molar-refractivity contribution is 5.92. The van der Waals surface area contributed by atoms with E-state index in [1.54, 1.807) is 30.1 Å². The number of nitrogens with zero attached hydrogens (tertiary/aromatic N) is 6. The molecule has 1 aliphatic heterocycles. The van der Waals surface area contributed by atoms with Crippen LogP contribution in [-0.4, -0.2) is 44.8 Å². The smallest absolute Gasteiger partial charge is 0.269 e. The number of piperidine rings is 1. The summed E-state index contributed by atoms with van der Waals surface area (Å²) in [5.41, 5.74) is 1.76. The molecule has 1 aliphatic rings. The molecule has 24 heavy (non-hydrogen) atoms. The second-order valence-corrected chi connectivity index (χ2v) is 5.88. The highest BCUT2D eigenvalue weighted by atomic mass is 16.2. The van der Waals surface area contributed by atoms with Crippen molar-refractivity contribution >= 4 is 11.9 Å². The van der Waals surface area contributed by atoms with E-state index in [4.69, 9.17) is 5.26 Å². The SMILES string of the molecule is Cc1cc(C(=O)NC2CCN(c3nccc(C#N)n3)CC2)n(C)n1. The summed E-state index contributed by atoms with van der Waals surface area (Å²) in [4.78, 5) is 22.8. The van der Waals surface area contributed by atoms with E-state index in [1.165, 1.54) is 0 Å². The Balaban J connectivity index is 1.58. The average molecular weight is 325 g/mol. The molecule has 0 radical (unpaired) electrons. The molecule has 0 saturated carbocycles. The Hall–Kier alpha value is -2.95. The molecule has 8 heteroatoms. The third kappa shape index (κ3) is 3.35. The molecular weight excluding hydrogens is 306 g/mol. The van der Waals surface area contributed by atoms with Gasteiger partial charge >= 0.3 is 0 Å². The number of aromatic nitrogens is 4. The van der Waals surface area contributed by atoms with Crippen LogP contribution >= 0.6 is 0 Å². The summed E-state index contributed by atoms with van der Waals surface area (Å²) < 4.78 is 1.60. The van der Waals surface area contributed by atoms with Crippen LogP contribution in [0, 0.1) is 18.3 Å². The molecule has 1 amide bonds. The van der Waals surface area contributed by atoms with Crippen LogP contribution in [0.4, 0.5) is 5.95 Å². The van der Waals surface area contributed by atoms with Gasteiger partial charge in [0.1, 0.15) is 17.5 Å². The molecule has 0 atom stereocenters. The normalized spacial score (nSPS) is 15.1. The van der Waals surface area contributed by atoms with Crippen molar-refractivity contribution in [2.75, 3.05) is 18.0 Å². The predicted octanol–water partition coefficient (Wildman–Crippen LogP) is 0.789. The van der Waals surface area contributed by atoms with Gasteiger partial charge in [0.25, 0.3) is 5.91 Å². The molecule has 2 aromatic rings. The number of carbonyl (C=O) groups is 1. The fourth-order valence-corrected chi connectivity index (χ4v) is 2.87. The van der Waals surface area contributed by atoms with E-state index in [1.807, 2.05) is 17.9 Å². The molecule has 2 aromatic heterocycles. The second kappa shape index (κ2) is 6.66. The third-order valence-electron chi connectivity index (χ3n) is 4.11. The van der Waals surface area contributed by atoms with Crippen molar-refractivity contribution in [3.8, 4) is 6.07 Å². The van der Waals surface area contributed by atoms with Crippen LogP contribution in [0.3, 0.4) is 0 Å². The van der Waals surface area contributed by atoms with Crippen molar-refractivity contribution in [3.05, 3.63) is 35.4 Å². The van der Waals surface area contributed by atoms with Crippen LogP contribution in [-0.2, 0) is 7.05 Å². The maximum absolute atomic E-state index is 12.3. The molecule has 1 fully saturated rings. The van der Waals surface area contributed by atoms with Crippen molar-refractivity contribution in [2.45, 2.75) is 25.8 Å². The highest BCUT2D eigenvalue weighted by Crippen LogP contribution is 2.16. The molecule has 1 saturated heterocycles. The molecule has 3 rings (SSSR count). The van der Waals surface area contributed by atoms with E-state index in [-0.39, 0.29) is 11.9 Å². The number of carbonyl (C=O) groups excluding carboxylic acids is 1. The molecular formula is C16H19N7O. The number of hydrogen-bond donors (Lipinski definition) is 1. The zero-order valence-electron chi connectivity index (χ0n) is 13.7. The Labute approximate surface area is 140 Å².